The first-order valence-corrected chi connectivity index (χ1v) is 9.15. The lowest BCUT2D eigenvalue weighted by atomic mass is 10.1. The summed E-state index contributed by atoms with van der Waals surface area (Å²) >= 11 is 7.48. The summed E-state index contributed by atoms with van der Waals surface area (Å²) in [6.45, 7) is 1.99. The topological polar surface area (TPSA) is 60.7 Å². The van der Waals surface area contributed by atoms with E-state index in [0.29, 0.717) is 9.82 Å². The highest BCUT2D eigenvalue weighted by Crippen LogP contribution is 2.19. The zero-order valence-corrected chi connectivity index (χ0v) is 15.9. The Balaban J connectivity index is 2.03. The van der Waals surface area contributed by atoms with E-state index in [0.717, 1.165) is 21.3 Å². The summed E-state index contributed by atoms with van der Waals surface area (Å²) in [4.78, 5) is 28.9. The van der Waals surface area contributed by atoms with E-state index in [9.17, 15) is 9.59 Å². The summed E-state index contributed by atoms with van der Waals surface area (Å²) in [6, 6.07) is 13.1. The maximum atomic E-state index is 12.4. The van der Waals surface area contributed by atoms with Gasteiger partial charge in [0.15, 0.2) is 4.80 Å². The molecule has 2 aromatic carbocycles. The summed E-state index contributed by atoms with van der Waals surface area (Å²) in [5.74, 6) is -0.717. The third kappa shape index (κ3) is 4.03. The Labute approximate surface area is 159 Å². The second kappa shape index (κ2) is 7.85. The molecule has 0 N–H and O–H groups in total. The normalized spacial score (nSPS) is 11.7. The van der Waals surface area contributed by atoms with Crippen LogP contribution in [-0.2, 0) is 27.3 Å². The fraction of sp³-hybridized carbons (Fsp3) is 0.211. The fourth-order valence-corrected chi connectivity index (χ4v) is 3.91. The van der Waals surface area contributed by atoms with Crippen LogP contribution < -0.4 is 4.80 Å². The first-order chi connectivity index (χ1) is 12.5. The van der Waals surface area contributed by atoms with Crippen LogP contribution in [0.4, 0.5) is 0 Å². The molecule has 3 rings (SSSR count). The predicted octanol–water partition coefficient (Wildman–Crippen LogP) is 3.51. The number of hydrogen-bond donors (Lipinski definition) is 0. The van der Waals surface area contributed by atoms with E-state index in [1.54, 1.807) is 16.7 Å². The van der Waals surface area contributed by atoms with Gasteiger partial charge in [0.25, 0.3) is 5.91 Å². The zero-order valence-electron chi connectivity index (χ0n) is 14.4. The van der Waals surface area contributed by atoms with Gasteiger partial charge < -0.3 is 9.30 Å². The zero-order chi connectivity index (χ0) is 18.7. The number of aryl methyl sites for hydroxylation is 1. The molecule has 0 aliphatic rings. The Morgan fingerprint density at radius 3 is 2.73 bits per heavy atom. The molecule has 0 atom stereocenters. The Morgan fingerprint density at radius 2 is 2.00 bits per heavy atom. The van der Waals surface area contributed by atoms with Crippen LogP contribution in [0.2, 0.25) is 5.02 Å². The van der Waals surface area contributed by atoms with E-state index in [1.165, 1.54) is 18.4 Å². The van der Waals surface area contributed by atoms with Crippen molar-refractivity contribution < 1.29 is 14.3 Å². The Hall–Kier alpha value is -2.44. The van der Waals surface area contributed by atoms with Crippen LogP contribution in [0, 0.1) is 6.92 Å². The lowest BCUT2D eigenvalue weighted by molar-refractivity contribution is -0.141. The van der Waals surface area contributed by atoms with Gasteiger partial charge >= 0.3 is 5.97 Å². The number of carbonyl (C=O) groups excluding carboxylic acids is 2. The van der Waals surface area contributed by atoms with Gasteiger partial charge in [0.05, 0.1) is 23.7 Å². The minimum absolute atomic E-state index is 0.00221. The van der Waals surface area contributed by atoms with Gasteiger partial charge in [0, 0.05) is 5.02 Å². The molecule has 1 heterocycles. The molecule has 7 heteroatoms. The van der Waals surface area contributed by atoms with E-state index in [-0.39, 0.29) is 18.9 Å². The Morgan fingerprint density at radius 1 is 1.23 bits per heavy atom. The van der Waals surface area contributed by atoms with E-state index < -0.39 is 5.97 Å². The highest BCUT2D eigenvalue weighted by molar-refractivity contribution is 7.16. The Bertz CT molecular complexity index is 1050. The molecular weight excluding hydrogens is 372 g/mol. The molecule has 0 bridgehead atoms. The summed E-state index contributed by atoms with van der Waals surface area (Å²) in [5, 5.41) is 0.533. The van der Waals surface area contributed by atoms with Crippen LogP contribution in [0.1, 0.15) is 11.1 Å². The van der Waals surface area contributed by atoms with Crippen LogP contribution in [0.25, 0.3) is 10.2 Å². The molecule has 3 aromatic rings. The van der Waals surface area contributed by atoms with Crippen molar-refractivity contribution in [2.75, 3.05) is 7.11 Å². The van der Waals surface area contributed by atoms with Gasteiger partial charge in [-0.3, -0.25) is 9.59 Å². The number of carbonyl (C=O) groups is 2. The van der Waals surface area contributed by atoms with Gasteiger partial charge in [-0.2, -0.15) is 4.99 Å². The van der Waals surface area contributed by atoms with Crippen molar-refractivity contribution in [1.29, 1.82) is 0 Å². The largest absolute Gasteiger partial charge is 0.468 e. The van der Waals surface area contributed by atoms with Gasteiger partial charge in [-0.15, -0.1) is 0 Å². The van der Waals surface area contributed by atoms with Crippen molar-refractivity contribution in [3.05, 3.63) is 63.4 Å². The molecule has 5 nitrogen and oxygen atoms in total. The van der Waals surface area contributed by atoms with Crippen LogP contribution in [-0.4, -0.2) is 23.6 Å². The van der Waals surface area contributed by atoms with Gasteiger partial charge in [-0.25, -0.2) is 0 Å². The number of thiazole rings is 1. The second-order valence-corrected chi connectivity index (χ2v) is 7.21. The van der Waals surface area contributed by atoms with Gasteiger partial charge in [-0.05, 0) is 36.2 Å². The van der Waals surface area contributed by atoms with Crippen molar-refractivity contribution >= 4 is 45.0 Å². The molecule has 0 aliphatic carbocycles. The number of esters is 1. The van der Waals surface area contributed by atoms with Crippen LogP contribution in [0.5, 0.6) is 0 Å². The molecule has 1 aromatic heterocycles. The minimum Gasteiger partial charge on any atom is -0.468 e. The van der Waals surface area contributed by atoms with Crippen molar-refractivity contribution in [3.8, 4) is 0 Å². The summed E-state index contributed by atoms with van der Waals surface area (Å²) < 4.78 is 7.43. The summed E-state index contributed by atoms with van der Waals surface area (Å²) in [7, 11) is 1.33. The third-order valence-electron chi connectivity index (χ3n) is 3.87. The average Bonchev–Trinajstić information content (AvgIpc) is 2.93. The maximum Gasteiger partial charge on any atom is 0.325 e. The van der Waals surface area contributed by atoms with Crippen molar-refractivity contribution in [3.63, 3.8) is 0 Å². The van der Waals surface area contributed by atoms with Crippen molar-refractivity contribution in [1.82, 2.24) is 4.57 Å². The van der Waals surface area contributed by atoms with Gasteiger partial charge in [0.2, 0.25) is 0 Å². The first-order valence-electron chi connectivity index (χ1n) is 7.95. The molecule has 1 amide bonds. The molecule has 26 heavy (non-hydrogen) atoms. The number of halogens is 1. The molecule has 0 spiro atoms. The summed E-state index contributed by atoms with van der Waals surface area (Å²) in [6.07, 6.45) is 0.102. The SMILES string of the molecule is COC(=O)Cn1c(=NC(=O)Cc2ccccc2Cl)sc2cc(C)ccc21. The number of ether oxygens (including phenoxy) is 1. The van der Waals surface area contributed by atoms with Crippen LogP contribution >= 0.6 is 22.9 Å². The number of hydrogen-bond acceptors (Lipinski definition) is 4. The molecule has 134 valence electrons. The van der Waals surface area contributed by atoms with Gasteiger partial charge in [0.1, 0.15) is 6.54 Å². The number of nitrogens with zero attached hydrogens (tertiary/aromatic N) is 2. The third-order valence-corrected chi connectivity index (χ3v) is 5.28. The smallest absolute Gasteiger partial charge is 0.325 e. The van der Waals surface area contributed by atoms with E-state index >= 15 is 0 Å². The van der Waals surface area contributed by atoms with Gasteiger partial charge in [-0.1, -0.05) is 47.2 Å². The standard InChI is InChI=1S/C19H17ClN2O3S/c1-12-7-8-15-16(9-12)26-19(22(15)11-18(24)25-2)21-17(23)10-13-5-3-4-6-14(13)20/h3-9H,10-11H2,1-2H3. The van der Waals surface area contributed by atoms with E-state index in [4.69, 9.17) is 16.3 Å². The molecule has 0 radical (unpaired) electrons. The quantitative estimate of drug-likeness (QED) is 0.642. The lowest BCUT2D eigenvalue weighted by Gasteiger charge is -2.04. The molecule has 0 saturated heterocycles. The molecular formula is C19H17ClN2O3S. The number of fused-ring (bicyclic) bond motifs is 1. The lowest BCUT2D eigenvalue weighted by Crippen LogP contribution is -2.22. The van der Waals surface area contributed by atoms with E-state index in [1.807, 2.05) is 37.3 Å². The number of aromatic nitrogens is 1. The fourth-order valence-electron chi connectivity index (χ4n) is 2.56. The Kier molecular flexibility index (Phi) is 5.54. The molecule has 0 unspecified atom stereocenters. The van der Waals surface area contributed by atoms with Crippen LogP contribution in [0.15, 0.2) is 47.5 Å². The van der Waals surface area contributed by atoms with E-state index in [2.05, 4.69) is 4.99 Å². The number of rotatable bonds is 4. The first kappa shape index (κ1) is 18.4. The highest BCUT2D eigenvalue weighted by atomic mass is 35.5. The number of methoxy groups -OCH3 is 1. The summed E-state index contributed by atoms with van der Waals surface area (Å²) in [5.41, 5.74) is 2.66. The second-order valence-electron chi connectivity index (χ2n) is 5.79. The average molecular weight is 389 g/mol. The number of amides is 1. The maximum absolute atomic E-state index is 12.4. The monoisotopic (exact) mass is 388 g/mol. The predicted molar refractivity (Wildman–Crippen MR) is 102 cm³/mol. The molecule has 0 aliphatic heterocycles. The highest BCUT2D eigenvalue weighted by Gasteiger charge is 2.12. The molecule has 0 fully saturated rings. The number of benzene rings is 2. The van der Waals surface area contributed by atoms with Crippen molar-refractivity contribution in [2.45, 2.75) is 19.9 Å². The van der Waals surface area contributed by atoms with Crippen molar-refractivity contribution in [2.24, 2.45) is 4.99 Å². The minimum atomic E-state index is -0.398. The van der Waals surface area contributed by atoms with Crippen LogP contribution in [0.3, 0.4) is 0 Å². The molecule has 0 saturated carbocycles.